The summed E-state index contributed by atoms with van der Waals surface area (Å²) in [6.45, 7) is 4.60. The Labute approximate surface area is 190 Å². The van der Waals surface area contributed by atoms with Crippen molar-refractivity contribution in [3.05, 3.63) is 0 Å². The fourth-order valence-electron chi connectivity index (χ4n) is 4.19. The minimum Gasteiger partial charge on any atom is -0.494 e. The largest absolute Gasteiger partial charge is 0.494 e. The molecule has 1 aliphatic rings. The summed E-state index contributed by atoms with van der Waals surface area (Å²) < 4.78 is 24.7. The lowest BCUT2D eigenvalue weighted by atomic mass is 9.86. The molecule has 4 N–H and O–H groups in total. The Morgan fingerprint density at radius 1 is 0.562 bits per heavy atom. The smallest absolute Gasteiger partial charge is 0.334 e. The van der Waals surface area contributed by atoms with Gasteiger partial charge in [0.15, 0.2) is 0 Å². The van der Waals surface area contributed by atoms with Crippen molar-refractivity contribution >= 4 is 17.1 Å². The fourth-order valence-corrected chi connectivity index (χ4v) is 6.94. The molecule has 0 spiro atoms. The molecule has 0 bridgehead atoms. The van der Waals surface area contributed by atoms with Crippen LogP contribution in [0.4, 0.5) is 0 Å². The maximum Gasteiger partial charge on any atom is 0.334 e. The summed E-state index contributed by atoms with van der Waals surface area (Å²) in [6, 6.07) is 1.37. The molecule has 0 unspecified atom stereocenters. The lowest BCUT2D eigenvalue weighted by Crippen LogP contribution is -2.36. The van der Waals surface area contributed by atoms with Crippen LogP contribution in [0.15, 0.2) is 0 Å². The monoisotopic (exact) mass is 486 g/mol. The minimum atomic E-state index is -2.26. The summed E-state index contributed by atoms with van der Waals surface area (Å²) in [7, 11) is 1.96. The van der Waals surface area contributed by atoms with Crippen LogP contribution in [0.2, 0.25) is 25.2 Å². The van der Waals surface area contributed by atoms with E-state index in [4.69, 9.17) is 17.7 Å². The summed E-state index contributed by atoms with van der Waals surface area (Å²) in [5.41, 5.74) is 1.43. The van der Waals surface area contributed by atoms with E-state index < -0.39 is 17.1 Å². The Morgan fingerprint density at radius 2 is 0.812 bits per heavy atom. The molecule has 0 saturated carbocycles. The van der Waals surface area contributed by atoms with E-state index in [1.54, 1.807) is 28.4 Å². The molecule has 2 aromatic heterocycles. The average Bonchev–Trinajstić information content (AvgIpc) is 3.08. The highest BCUT2D eigenvalue weighted by Crippen LogP contribution is 2.65. The lowest BCUT2D eigenvalue weighted by Gasteiger charge is -2.22. The van der Waals surface area contributed by atoms with Crippen LogP contribution in [0, 0.1) is 0 Å². The Bertz CT molecular complexity index is 836. The quantitative estimate of drug-likeness (QED) is 0.287. The predicted octanol–water partition coefficient (Wildman–Crippen LogP) is 3.27. The molecule has 0 aliphatic heterocycles. The van der Waals surface area contributed by atoms with Gasteiger partial charge in [0.05, 0.1) is 22.3 Å². The summed E-state index contributed by atoms with van der Waals surface area (Å²) in [5, 5.41) is 42.9. The van der Waals surface area contributed by atoms with E-state index in [1.165, 1.54) is 9.13 Å². The van der Waals surface area contributed by atoms with Crippen molar-refractivity contribution in [2.75, 3.05) is 28.4 Å². The normalized spacial score (nSPS) is 13.2. The Kier molecular flexibility index (Phi) is 7.03. The van der Waals surface area contributed by atoms with Gasteiger partial charge in [0.1, 0.15) is 0 Å². The molecule has 0 amide bonds. The van der Waals surface area contributed by atoms with Gasteiger partial charge < -0.3 is 38.1 Å². The van der Waals surface area contributed by atoms with Gasteiger partial charge in [-0.25, -0.2) is 0 Å². The van der Waals surface area contributed by atoms with Crippen LogP contribution >= 0.6 is 0 Å². The minimum absolute atomic E-state index is 0.130. The van der Waals surface area contributed by atoms with Crippen molar-refractivity contribution in [3.8, 4) is 45.8 Å². The first kappa shape index (κ1) is 24.7. The van der Waals surface area contributed by atoms with Gasteiger partial charge in [0.2, 0.25) is 23.5 Å². The molecule has 12 heteroatoms. The Balaban J connectivity index is 1.78. The second-order valence-corrected chi connectivity index (χ2v) is 15.6. The van der Waals surface area contributed by atoms with Crippen LogP contribution in [-0.2, 0) is 30.8 Å². The van der Waals surface area contributed by atoms with Crippen molar-refractivity contribution in [2.45, 2.75) is 51.1 Å². The first-order chi connectivity index (χ1) is 15.1. The number of hydrogen-bond donors (Lipinski definition) is 4. The highest BCUT2D eigenvalue weighted by Gasteiger charge is 2.43. The number of aromatic hydroxyl groups is 4. The highest BCUT2D eigenvalue weighted by molar-refractivity contribution is 6.66. The molecule has 1 aliphatic carbocycles. The van der Waals surface area contributed by atoms with E-state index in [2.05, 4.69) is 0 Å². The summed E-state index contributed by atoms with van der Waals surface area (Å²) in [4.78, 5) is 0. The second-order valence-electron chi connectivity index (χ2n) is 8.39. The molecule has 32 heavy (non-hydrogen) atoms. The van der Waals surface area contributed by atoms with Crippen LogP contribution in [-0.4, -0.2) is 75.1 Å². The molecule has 2 aromatic rings. The van der Waals surface area contributed by atoms with Gasteiger partial charge in [-0.2, -0.15) is 0 Å². The SMILES string of the molecule is CO[Si](C)(CCCn1c(O)c2c(c1O)-c1c-2c(O)n(CCC[Si](C)(OC)OC)c1O)OC. The van der Waals surface area contributed by atoms with Crippen LogP contribution in [0.3, 0.4) is 0 Å². The molecule has 0 fully saturated rings. The van der Waals surface area contributed by atoms with Crippen LogP contribution in [0.25, 0.3) is 22.3 Å². The van der Waals surface area contributed by atoms with Crippen molar-refractivity contribution < 1.29 is 38.1 Å². The number of rotatable bonds is 12. The van der Waals surface area contributed by atoms with Crippen molar-refractivity contribution in [1.29, 1.82) is 0 Å². The summed E-state index contributed by atoms with van der Waals surface area (Å²) in [5.74, 6) is -0.521. The zero-order valence-corrected chi connectivity index (χ0v) is 21.6. The second kappa shape index (κ2) is 9.11. The maximum atomic E-state index is 10.7. The number of fused-ring (bicyclic) bond motifs is 4. The molecule has 0 atom stereocenters. The van der Waals surface area contributed by atoms with Gasteiger partial charge in [-0.15, -0.1) is 0 Å². The molecule has 0 aromatic carbocycles. The third-order valence-electron chi connectivity index (χ3n) is 6.67. The van der Waals surface area contributed by atoms with Gasteiger partial charge in [-0.3, -0.25) is 9.13 Å². The van der Waals surface area contributed by atoms with E-state index >= 15 is 0 Å². The Morgan fingerprint density at radius 3 is 1.03 bits per heavy atom. The molecular weight excluding hydrogens is 452 g/mol. The van der Waals surface area contributed by atoms with E-state index in [1.807, 2.05) is 13.1 Å². The molecule has 2 heterocycles. The maximum absolute atomic E-state index is 10.7. The lowest BCUT2D eigenvalue weighted by molar-refractivity contribution is 0.246. The first-order valence-electron chi connectivity index (χ1n) is 10.6. The van der Waals surface area contributed by atoms with Crippen LogP contribution < -0.4 is 0 Å². The van der Waals surface area contributed by atoms with Crippen LogP contribution in [0.1, 0.15) is 12.8 Å². The van der Waals surface area contributed by atoms with Gasteiger partial charge in [-0.1, -0.05) is 0 Å². The topological polar surface area (TPSA) is 128 Å². The average molecular weight is 487 g/mol. The third kappa shape index (κ3) is 3.95. The number of aromatic nitrogens is 2. The standard InChI is InChI=1S/C20H34N2O8Si2/c1-27-31(5,28-2)11-7-9-21-17(23)13-14(18(21)24)16-15(13)19(25)22(20(16)26)10-8-12-32(6,29-3)30-4/h23-26H,7-12H2,1-6H3. The summed E-state index contributed by atoms with van der Waals surface area (Å²) >= 11 is 0. The summed E-state index contributed by atoms with van der Waals surface area (Å²) in [6.07, 6.45) is 1.26. The molecule has 0 radical (unpaired) electrons. The molecular formula is C20H34N2O8Si2. The third-order valence-corrected chi connectivity index (χ3v) is 12.6. The van der Waals surface area contributed by atoms with Crippen molar-refractivity contribution in [1.82, 2.24) is 9.13 Å². The Hall–Kier alpha value is -1.97. The van der Waals surface area contributed by atoms with Gasteiger partial charge in [0, 0.05) is 41.5 Å². The highest BCUT2D eigenvalue weighted by atomic mass is 28.4. The zero-order chi connectivity index (χ0) is 23.8. The predicted molar refractivity (Wildman–Crippen MR) is 124 cm³/mol. The van der Waals surface area contributed by atoms with E-state index in [0.29, 0.717) is 60.3 Å². The molecule has 3 rings (SSSR count). The van der Waals surface area contributed by atoms with Crippen LogP contribution in [0.5, 0.6) is 23.5 Å². The number of hydrogen-bond acceptors (Lipinski definition) is 8. The molecule has 180 valence electrons. The van der Waals surface area contributed by atoms with E-state index in [9.17, 15) is 20.4 Å². The number of nitrogens with zero attached hydrogens (tertiary/aromatic N) is 2. The van der Waals surface area contributed by atoms with Crippen molar-refractivity contribution in [3.63, 3.8) is 0 Å². The zero-order valence-electron chi connectivity index (χ0n) is 19.6. The molecule has 10 nitrogen and oxygen atoms in total. The molecule has 0 saturated heterocycles. The fraction of sp³-hybridized carbons (Fsp3) is 0.600. The van der Waals surface area contributed by atoms with Gasteiger partial charge in [-0.05, 0) is 38.0 Å². The van der Waals surface area contributed by atoms with Crippen molar-refractivity contribution in [2.24, 2.45) is 0 Å². The van der Waals surface area contributed by atoms with Gasteiger partial charge in [0.25, 0.3) is 0 Å². The first-order valence-corrected chi connectivity index (χ1v) is 15.6. The van der Waals surface area contributed by atoms with E-state index in [-0.39, 0.29) is 23.5 Å². The van der Waals surface area contributed by atoms with E-state index in [0.717, 1.165) is 0 Å². The van der Waals surface area contributed by atoms with Gasteiger partial charge >= 0.3 is 17.1 Å².